The van der Waals surface area contributed by atoms with Gasteiger partial charge >= 0.3 is 0 Å². The smallest absolute Gasteiger partial charge is 0.266 e. The topological polar surface area (TPSA) is 133 Å². The van der Waals surface area contributed by atoms with Crippen LogP contribution in [0.3, 0.4) is 0 Å². The Balaban J connectivity index is 0. The zero-order chi connectivity index (χ0) is 13.2. The van der Waals surface area contributed by atoms with E-state index in [-0.39, 0.29) is 24.6 Å². The molecular formula is C4H12BrClN2O6S2. The Morgan fingerprint density at radius 2 is 1.38 bits per heavy atom. The van der Waals surface area contributed by atoms with Gasteiger partial charge in [-0.1, -0.05) is 0 Å². The molecule has 0 heterocycles. The summed E-state index contributed by atoms with van der Waals surface area (Å²) in [5.74, 6) is -0.616. The first-order chi connectivity index (χ1) is 7.12. The van der Waals surface area contributed by atoms with Crippen molar-refractivity contribution < 1.29 is 25.9 Å². The fourth-order valence-electron chi connectivity index (χ4n) is 0.335. The Morgan fingerprint density at radius 3 is 1.50 bits per heavy atom. The molecule has 0 saturated carbocycles. The van der Waals surface area contributed by atoms with Crippen molar-refractivity contribution in [3.05, 3.63) is 0 Å². The maximum Gasteiger partial charge on any atom is 0.266 e. The van der Waals surface area contributed by atoms with Crippen LogP contribution in [0.5, 0.6) is 0 Å². The molecule has 0 aliphatic carbocycles. The highest BCUT2D eigenvalue weighted by Crippen LogP contribution is 1.79. The minimum Gasteiger partial charge on any atom is -0.286 e. The highest BCUT2D eigenvalue weighted by molar-refractivity contribution is 9.08. The van der Waals surface area contributed by atoms with Gasteiger partial charge in [0.15, 0.2) is 0 Å². The molecule has 12 heteroatoms. The van der Waals surface area contributed by atoms with Crippen molar-refractivity contribution in [1.82, 2.24) is 9.18 Å². The van der Waals surface area contributed by atoms with Gasteiger partial charge in [0, 0.05) is 29.2 Å². The lowest BCUT2D eigenvalue weighted by Crippen LogP contribution is -2.14. The van der Waals surface area contributed by atoms with E-state index in [4.69, 9.17) is 20.9 Å². The van der Waals surface area contributed by atoms with Gasteiger partial charge in [0.1, 0.15) is 0 Å². The summed E-state index contributed by atoms with van der Waals surface area (Å²) in [5.41, 5.74) is 0. The summed E-state index contributed by atoms with van der Waals surface area (Å²) in [6.45, 7) is 0.263. The molecule has 0 aromatic carbocycles. The van der Waals surface area contributed by atoms with Gasteiger partial charge in [-0.15, -0.1) is 0 Å². The largest absolute Gasteiger partial charge is 0.286 e. The molecule has 0 fully saturated rings. The summed E-state index contributed by atoms with van der Waals surface area (Å²) in [4.78, 5) is 2.06. The van der Waals surface area contributed by atoms with E-state index in [0.29, 0.717) is 0 Å². The van der Waals surface area contributed by atoms with Crippen LogP contribution >= 0.6 is 27.9 Å². The molecule has 0 spiro atoms. The van der Waals surface area contributed by atoms with Crippen molar-refractivity contribution >= 4 is 48.2 Å². The lowest BCUT2D eigenvalue weighted by atomic mass is 10.8. The second kappa shape index (κ2) is 9.53. The Morgan fingerprint density at radius 1 is 1.00 bits per heavy atom. The summed E-state index contributed by atoms with van der Waals surface area (Å²) in [5, 5.41) is 0. The van der Waals surface area contributed by atoms with E-state index in [1.54, 1.807) is 0 Å². The number of hydrogen-bond donors (Lipinski definition) is 4. The van der Waals surface area contributed by atoms with Crippen LogP contribution in [0.25, 0.3) is 0 Å². The van der Waals surface area contributed by atoms with Gasteiger partial charge in [0.05, 0.1) is 11.5 Å². The highest BCUT2D eigenvalue weighted by Gasteiger charge is 2.01. The molecule has 0 atom stereocenters. The Labute approximate surface area is 108 Å². The number of rotatable bonds is 6. The summed E-state index contributed by atoms with van der Waals surface area (Å²) in [6.07, 6.45) is 0. The van der Waals surface area contributed by atoms with Crippen molar-refractivity contribution in [1.29, 1.82) is 0 Å². The van der Waals surface area contributed by atoms with Crippen molar-refractivity contribution in [2.24, 2.45) is 0 Å². The average molecular weight is 364 g/mol. The van der Waals surface area contributed by atoms with Crippen LogP contribution in [0, 0.1) is 0 Å². The van der Waals surface area contributed by atoms with E-state index in [2.05, 4.69) is 25.3 Å². The minimum atomic E-state index is -3.83. The summed E-state index contributed by atoms with van der Waals surface area (Å²) in [7, 11) is -7.61. The molecule has 0 aliphatic heterocycles. The van der Waals surface area contributed by atoms with Crippen molar-refractivity contribution in [3.8, 4) is 0 Å². The van der Waals surface area contributed by atoms with Crippen LogP contribution in [0.2, 0.25) is 0 Å². The number of hydrogen-bond acceptors (Lipinski definition) is 6. The van der Waals surface area contributed by atoms with Gasteiger partial charge in [-0.05, 0) is 11.8 Å². The lowest BCUT2D eigenvalue weighted by molar-refractivity contribution is 0.480. The summed E-state index contributed by atoms with van der Waals surface area (Å²) in [6, 6.07) is 0. The maximum atomic E-state index is 9.88. The first-order valence-electron chi connectivity index (χ1n) is 3.69. The van der Waals surface area contributed by atoms with E-state index >= 15 is 0 Å². The zero-order valence-electron chi connectivity index (χ0n) is 7.93. The fourth-order valence-corrected chi connectivity index (χ4v) is 1.72. The van der Waals surface area contributed by atoms with Crippen molar-refractivity contribution in [2.45, 2.75) is 0 Å². The molecule has 8 nitrogen and oxygen atoms in total. The normalized spacial score (nSPS) is 11.8. The first kappa shape index (κ1) is 18.9. The predicted molar refractivity (Wildman–Crippen MR) is 63.6 cm³/mol. The fraction of sp³-hybridized carbons (Fsp3) is 1.00. The highest BCUT2D eigenvalue weighted by atomic mass is 79.9. The van der Waals surface area contributed by atoms with E-state index in [9.17, 15) is 16.8 Å². The van der Waals surface area contributed by atoms with Gasteiger partial charge in [-0.2, -0.15) is 16.8 Å². The second-order valence-corrected chi connectivity index (χ2v) is 6.31. The summed E-state index contributed by atoms with van der Waals surface area (Å²) >= 11 is 7.66. The quantitative estimate of drug-likeness (QED) is 0.363. The van der Waals surface area contributed by atoms with E-state index in [1.165, 1.54) is 0 Å². The molecule has 0 aliphatic rings. The van der Waals surface area contributed by atoms with Gasteiger partial charge in [0.2, 0.25) is 0 Å². The van der Waals surface area contributed by atoms with Gasteiger partial charge < -0.3 is 0 Å². The van der Waals surface area contributed by atoms with E-state index in [0.717, 1.165) is 0 Å². The molecular weight excluding hydrogens is 352 g/mol. The molecule has 0 aromatic rings. The molecule has 0 rings (SSSR count). The van der Waals surface area contributed by atoms with Crippen LogP contribution in [-0.2, 0) is 20.2 Å². The molecule has 100 valence electrons. The first-order valence-corrected chi connectivity index (χ1v) is 8.08. The van der Waals surface area contributed by atoms with Crippen molar-refractivity contribution in [2.75, 3.05) is 24.6 Å². The van der Waals surface area contributed by atoms with E-state index < -0.39 is 20.2 Å². The number of nitrogens with one attached hydrogen (secondary N) is 2. The molecule has 0 unspecified atom stereocenters. The van der Waals surface area contributed by atoms with Crippen LogP contribution < -0.4 is 9.18 Å². The minimum absolute atomic E-state index is 0.0559. The molecule has 0 saturated heterocycles. The monoisotopic (exact) mass is 362 g/mol. The SMILES string of the molecule is O=S(=O)(O)CCNBr.O=S(=O)(O)CCNCl. The average Bonchev–Trinajstić information content (AvgIpc) is 2.10. The molecule has 0 radical (unpaired) electrons. The van der Waals surface area contributed by atoms with E-state index in [1.807, 2.05) is 0 Å². The van der Waals surface area contributed by atoms with Crippen LogP contribution in [-0.4, -0.2) is 50.5 Å². The molecule has 0 aromatic heterocycles. The Hall–Kier alpha value is 0.510. The third-order valence-electron chi connectivity index (χ3n) is 0.909. The van der Waals surface area contributed by atoms with Crippen LogP contribution in [0.15, 0.2) is 0 Å². The third kappa shape index (κ3) is 24.0. The standard InChI is InChI=1S/C2H6BrNO3S.C2H6ClNO3S/c2*3-4-1-2-8(5,6)7/h2*4H,1-2H2,(H,5,6,7). The van der Waals surface area contributed by atoms with Gasteiger partial charge in [-0.3, -0.25) is 13.4 Å². The van der Waals surface area contributed by atoms with Crippen LogP contribution in [0.4, 0.5) is 0 Å². The Bertz CT molecular complexity index is 321. The van der Waals surface area contributed by atoms with Crippen LogP contribution in [0.1, 0.15) is 0 Å². The Kier molecular flexibility index (Phi) is 11.2. The third-order valence-corrected chi connectivity index (χ3v) is 2.93. The molecule has 0 amide bonds. The van der Waals surface area contributed by atoms with Gasteiger partial charge in [0.25, 0.3) is 20.2 Å². The second-order valence-electron chi connectivity index (χ2n) is 2.34. The number of halogens is 2. The molecule has 16 heavy (non-hydrogen) atoms. The van der Waals surface area contributed by atoms with Gasteiger partial charge in [-0.25, -0.2) is 4.84 Å². The summed E-state index contributed by atoms with van der Waals surface area (Å²) < 4.78 is 57.9. The zero-order valence-corrected chi connectivity index (χ0v) is 11.9. The molecule has 4 N–H and O–H groups in total. The lowest BCUT2D eigenvalue weighted by Gasteiger charge is -1.90. The maximum absolute atomic E-state index is 9.88. The predicted octanol–water partition coefficient (Wildman–Crippen LogP) is -0.609. The van der Waals surface area contributed by atoms with Crippen molar-refractivity contribution in [3.63, 3.8) is 0 Å². The molecule has 0 bridgehead atoms.